The molecule has 0 N–H and O–H groups in total. The summed E-state index contributed by atoms with van der Waals surface area (Å²) in [4.78, 5) is 4.46. The molecule has 7 nitrogen and oxygen atoms in total. The summed E-state index contributed by atoms with van der Waals surface area (Å²) in [5.74, 6) is 2.98. The van der Waals surface area contributed by atoms with Crippen LogP contribution in [0.5, 0.6) is 11.5 Å². The molecule has 28 heavy (non-hydrogen) atoms. The summed E-state index contributed by atoms with van der Waals surface area (Å²) >= 11 is 0. The first-order valence-corrected chi connectivity index (χ1v) is 9.11. The normalized spacial score (nSPS) is 14.8. The quantitative estimate of drug-likeness (QED) is 0.534. The van der Waals surface area contributed by atoms with Crippen LogP contribution in [0.1, 0.15) is 24.2 Å². The molecular formula is C21H19N5O2. The maximum atomic E-state index is 5.28. The fourth-order valence-electron chi connectivity index (χ4n) is 3.57. The second-order valence-corrected chi connectivity index (χ2v) is 6.92. The van der Waals surface area contributed by atoms with E-state index in [2.05, 4.69) is 27.3 Å². The van der Waals surface area contributed by atoms with Crippen LogP contribution >= 0.6 is 0 Å². The average Bonchev–Trinajstić information content (AvgIpc) is 3.46. The molecule has 0 unspecified atom stereocenters. The minimum absolute atomic E-state index is 0.168. The SMILES string of the molecule is COc1ccc(-c2cnc3nnc(C4(c5ccc(OC)cc5)CC4)n3n2)cc1. The van der Waals surface area contributed by atoms with Gasteiger partial charge in [0.15, 0.2) is 5.82 Å². The summed E-state index contributed by atoms with van der Waals surface area (Å²) in [6, 6.07) is 15.9. The highest BCUT2D eigenvalue weighted by Gasteiger charge is 2.50. The van der Waals surface area contributed by atoms with E-state index in [1.54, 1.807) is 24.9 Å². The van der Waals surface area contributed by atoms with Crippen LogP contribution in [0, 0.1) is 0 Å². The fourth-order valence-corrected chi connectivity index (χ4v) is 3.57. The Morgan fingerprint density at radius 2 is 1.50 bits per heavy atom. The molecule has 140 valence electrons. The smallest absolute Gasteiger partial charge is 0.271 e. The Morgan fingerprint density at radius 3 is 2.11 bits per heavy atom. The van der Waals surface area contributed by atoms with Gasteiger partial charge in [-0.25, -0.2) is 4.98 Å². The topological polar surface area (TPSA) is 74.4 Å². The molecular weight excluding hydrogens is 354 g/mol. The summed E-state index contributed by atoms with van der Waals surface area (Å²) in [6.07, 6.45) is 3.74. The lowest BCUT2D eigenvalue weighted by molar-refractivity contribution is 0.414. The zero-order valence-corrected chi connectivity index (χ0v) is 15.7. The monoisotopic (exact) mass is 373 g/mol. The molecule has 0 amide bonds. The van der Waals surface area contributed by atoms with Gasteiger partial charge in [-0.15, -0.1) is 10.2 Å². The van der Waals surface area contributed by atoms with E-state index in [0.29, 0.717) is 5.78 Å². The summed E-state index contributed by atoms with van der Waals surface area (Å²) in [5.41, 5.74) is 2.75. The van der Waals surface area contributed by atoms with Crippen molar-refractivity contribution in [1.29, 1.82) is 0 Å². The molecule has 5 rings (SSSR count). The van der Waals surface area contributed by atoms with Crippen molar-refractivity contribution in [2.24, 2.45) is 0 Å². The van der Waals surface area contributed by atoms with Crippen molar-refractivity contribution in [3.05, 3.63) is 66.1 Å². The van der Waals surface area contributed by atoms with E-state index < -0.39 is 0 Å². The van der Waals surface area contributed by atoms with Crippen LogP contribution < -0.4 is 9.47 Å². The van der Waals surface area contributed by atoms with Gasteiger partial charge in [-0.3, -0.25) is 0 Å². The molecule has 0 atom stereocenters. The average molecular weight is 373 g/mol. The first-order valence-electron chi connectivity index (χ1n) is 9.11. The minimum atomic E-state index is -0.168. The highest BCUT2D eigenvalue weighted by Crippen LogP contribution is 2.52. The van der Waals surface area contributed by atoms with E-state index in [0.717, 1.165) is 41.4 Å². The van der Waals surface area contributed by atoms with Crippen LogP contribution in [0.15, 0.2) is 54.7 Å². The molecule has 1 aliphatic carbocycles. The number of methoxy groups -OCH3 is 2. The van der Waals surface area contributed by atoms with Crippen LogP contribution in [-0.2, 0) is 5.41 Å². The highest BCUT2D eigenvalue weighted by atomic mass is 16.5. The first kappa shape index (κ1) is 16.7. The Kier molecular flexibility index (Phi) is 3.75. The van der Waals surface area contributed by atoms with E-state index in [4.69, 9.17) is 14.6 Å². The molecule has 1 saturated carbocycles. The van der Waals surface area contributed by atoms with Gasteiger partial charge in [0.05, 0.1) is 25.8 Å². The predicted octanol–water partition coefficient (Wildman–Crippen LogP) is 3.28. The Bertz CT molecular complexity index is 1130. The number of aromatic nitrogens is 5. The number of benzene rings is 2. The Hall–Kier alpha value is -3.48. The Labute approximate surface area is 162 Å². The van der Waals surface area contributed by atoms with E-state index in [1.807, 2.05) is 36.4 Å². The van der Waals surface area contributed by atoms with Crippen LogP contribution in [0.3, 0.4) is 0 Å². The minimum Gasteiger partial charge on any atom is -0.497 e. The van der Waals surface area contributed by atoms with Gasteiger partial charge in [-0.1, -0.05) is 12.1 Å². The van der Waals surface area contributed by atoms with E-state index >= 15 is 0 Å². The largest absolute Gasteiger partial charge is 0.497 e. The van der Waals surface area contributed by atoms with Crippen molar-refractivity contribution in [2.45, 2.75) is 18.3 Å². The second-order valence-electron chi connectivity index (χ2n) is 6.92. The van der Waals surface area contributed by atoms with Gasteiger partial charge in [0, 0.05) is 5.56 Å². The van der Waals surface area contributed by atoms with E-state index in [-0.39, 0.29) is 5.41 Å². The number of fused-ring (bicyclic) bond motifs is 1. The lowest BCUT2D eigenvalue weighted by atomic mass is 9.95. The summed E-state index contributed by atoms with van der Waals surface area (Å²) in [7, 11) is 3.32. The Morgan fingerprint density at radius 1 is 0.857 bits per heavy atom. The highest BCUT2D eigenvalue weighted by molar-refractivity contribution is 5.59. The maximum Gasteiger partial charge on any atom is 0.271 e. The van der Waals surface area contributed by atoms with Gasteiger partial charge in [0.1, 0.15) is 17.2 Å². The van der Waals surface area contributed by atoms with E-state index in [1.165, 1.54) is 5.56 Å². The van der Waals surface area contributed by atoms with Crippen LogP contribution in [-0.4, -0.2) is 39.0 Å². The van der Waals surface area contributed by atoms with Crippen LogP contribution in [0.25, 0.3) is 17.0 Å². The molecule has 1 fully saturated rings. The number of hydrogen-bond acceptors (Lipinski definition) is 6. The lowest BCUT2D eigenvalue weighted by Crippen LogP contribution is -2.15. The van der Waals surface area contributed by atoms with Crippen molar-refractivity contribution in [3.8, 4) is 22.8 Å². The zero-order chi connectivity index (χ0) is 19.1. The molecule has 2 aromatic carbocycles. The third-order valence-electron chi connectivity index (χ3n) is 5.34. The predicted molar refractivity (Wildman–Crippen MR) is 104 cm³/mol. The molecule has 7 heteroatoms. The van der Waals surface area contributed by atoms with Crippen LogP contribution in [0.4, 0.5) is 0 Å². The van der Waals surface area contributed by atoms with Crippen molar-refractivity contribution in [1.82, 2.24) is 24.8 Å². The molecule has 0 bridgehead atoms. The van der Waals surface area contributed by atoms with Crippen molar-refractivity contribution >= 4 is 5.78 Å². The maximum absolute atomic E-state index is 5.28. The van der Waals surface area contributed by atoms with Crippen molar-refractivity contribution in [2.75, 3.05) is 14.2 Å². The van der Waals surface area contributed by atoms with Crippen molar-refractivity contribution in [3.63, 3.8) is 0 Å². The molecule has 0 radical (unpaired) electrons. The lowest BCUT2D eigenvalue weighted by Gasteiger charge is -2.14. The molecule has 2 heterocycles. The van der Waals surface area contributed by atoms with Gasteiger partial charge < -0.3 is 9.47 Å². The molecule has 0 spiro atoms. The van der Waals surface area contributed by atoms with Gasteiger partial charge in [0.2, 0.25) is 0 Å². The zero-order valence-electron chi connectivity index (χ0n) is 15.7. The van der Waals surface area contributed by atoms with Gasteiger partial charge in [-0.05, 0) is 54.8 Å². The number of ether oxygens (including phenoxy) is 2. The number of hydrogen-bond donors (Lipinski definition) is 0. The third kappa shape index (κ3) is 2.58. The fraction of sp³-hybridized carbons (Fsp3) is 0.238. The molecule has 0 saturated heterocycles. The van der Waals surface area contributed by atoms with Crippen LogP contribution in [0.2, 0.25) is 0 Å². The van der Waals surface area contributed by atoms with E-state index in [9.17, 15) is 0 Å². The standard InChI is InChI=1S/C21H19N5O2/c1-27-16-7-3-14(4-8-16)18-13-22-20-24-23-19(26(20)25-18)21(11-12-21)15-5-9-17(28-2)10-6-15/h3-10,13H,11-12H2,1-2H3. The molecule has 1 aliphatic rings. The van der Waals surface area contributed by atoms with Gasteiger partial charge in [0.25, 0.3) is 5.78 Å². The van der Waals surface area contributed by atoms with Gasteiger partial charge >= 0.3 is 0 Å². The van der Waals surface area contributed by atoms with Crippen molar-refractivity contribution < 1.29 is 9.47 Å². The Balaban J connectivity index is 1.58. The second kappa shape index (κ2) is 6.30. The first-order chi connectivity index (χ1) is 13.7. The summed E-state index contributed by atoms with van der Waals surface area (Å²) in [5, 5.41) is 13.5. The number of rotatable bonds is 5. The summed E-state index contributed by atoms with van der Waals surface area (Å²) in [6.45, 7) is 0. The molecule has 0 aliphatic heterocycles. The molecule has 4 aromatic rings. The van der Waals surface area contributed by atoms with Gasteiger partial charge in [-0.2, -0.15) is 9.61 Å². The summed E-state index contributed by atoms with van der Waals surface area (Å²) < 4.78 is 12.3. The third-order valence-corrected chi connectivity index (χ3v) is 5.34. The molecule has 2 aromatic heterocycles. The number of nitrogens with zero attached hydrogens (tertiary/aromatic N) is 5.